The lowest BCUT2D eigenvalue weighted by atomic mass is 9.98. The average molecular weight is 140 g/mol. The van der Waals surface area contributed by atoms with Gasteiger partial charge >= 0.3 is 0 Å². The quantitative estimate of drug-likeness (QED) is 0.452. The Kier molecular flexibility index (Phi) is 1.58. The predicted octanol–water partition coefficient (Wildman–Crippen LogP) is 2.14. The molecule has 1 aliphatic carbocycles. The second-order valence-corrected chi connectivity index (χ2v) is 2.14. The molecule has 0 aromatic rings. The van der Waals surface area contributed by atoms with Gasteiger partial charge in [0.1, 0.15) is 5.83 Å². The Morgan fingerprint density at radius 1 is 1.70 bits per heavy atom. The molecular formula is C8H6F2. The first-order valence-electron chi connectivity index (χ1n) is 2.88. The zero-order valence-electron chi connectivity index (χ0n) is 5.27. The van der Waals surface area contributed by atoms with E-state index in [0.29, 0.717) is 0 Å². The number of allylic oxidation sites excluding steroid dienone is 4. The number of halogens is 2. The van der Waals surface area contributed by atoms with Gasteiger partial charge in [-0.2, -0.15) is 0 Å². The highest BCUT2D eigenvalue weighted by molar-refractivity contribution is 5.31. The van der Waals surface area contributed by atoms with Gasteiger partial charge in [0.15, 0.2) is 5.67 Å². The third kappa shape index (κ3) is 1.24. The van der Waals surface area contributed by atoms with E-state index >= 15 is 0 Å². The predicted molar refractivity (Wildman–Crippen MR) is 35.6 cm³/mol. The first-order chi connectivity index (χ1) is 4.66. The monoisotopic (exact) mass is 140 g/mol. The van der Waals surface area contributed by atoms with E-state index in [1.807, 2.05) is 5.92 Å². The van der Waals surface area contributed by atoms with E-state index in [1.54, 1.807) is 0 Å². The molecule has 0 nitrogen and oxygen atoms in total. The van der Waals surface area contributed by atoms with Crippen molar-refractivity contribution in [2.75, 3.05) is 0 Å². The number of hydrogen-bond acceptors (Lipinski definition) is 0. The summed E-state index contributed by atoms with van der Waals surface area (Å²) >= 11 is 0. The van der Waals surface area contributed by atoms with Crippen LogP contribution in [0.4, 0.5) is 8.78 Å². The van der Waals surface area contributed by atoms with Gasteiger partial charge in [-0.1, -0.05) is 12.0 Å². The van der Waals surface area contributed by atoms with Crippen LogP contribution in [-0.4, -0.2) is 5.67 Å². The Labute approximate surface area is 58.2 Å². The van der Waals surface area contributed by atoms with E-state index in [1.165, 1.54) is 12.2 Å². The SMILES string of the molecule is C#CC1(F)C=C(F)C=CC1. The van der Waals surface area contributed by atoms with E-state index in [-0.39, 0.29) is 6.42 Å². The molecule has 52 valence electrons. The van der Waals surface area contributed by atoms with Crippen molar-refractivity contribution < 1.29 is 8.78 Å². The molecule has 0 radical (unpaired) electrons. The maximum Gasteiger partial charge on any atom is 0.195 e. The summed E-state index contributed by atoms with van der Waals surface area (Å²) in [5.41, 5.74) is -1.90. The zero-order chi connectivity index (χ0) is 7.61. The highest BCUT2D eigenvalue weighted by Gasteiger charge is 2.25. The van der Waals surface area contributed by atoms with Gasteiger partial charge < -0.3 is 0 Å². The lowest BCUT2D eigenvalue weighted by molar-refractivity contribution is 0.307. The van der Waals surface area contributed by atoms with Crippen molar-refractivity contribution in [3.63, 3.8) is 0 Å². The standard InChI is InChI=1S/C8H6F2/c1-2-8(10)5-3-4-7(9)6-8/h1,3-4,6H,5H2. The summed E-state index contributed by atoms with van der Waals surface area (Å²) in [5.74, 6) is 1.27. The molecule has 0 amide bonds. The lowest BCUT2D eigenvalue weighted by Crippen LogP contribution is -2.17. The molecule has 1 aliphatic rings. The molecule has 0 aromatic heterocycles. The minimum absolute atomic E-state index is 0.0664. The summed E-state index contributed by atoms with van der Waals surface area (Å²) in [6, 6.07) is 0. The molecule has 0 fully saturated rings. The van der Waals surface area contributed by atoms with E-state index in [4.69, 9.17) is 6.42 Å². The van der Waals surface area contributed by atoms with Gasteiger partial charge in [-0.15, -0.1) is 6.42 Å². The molecule has 2 heteroatoms. The van der Waals surface area contributed by atoms with Gasteiger partial charge in [-0.25, -0.2) is 8.78 Å². The van der Waals surface area contributed by atoms with Gasteiger partial charge in [0.25, 0.3) is 0 Å². The summed E-state index contributed by atoms with van der Waals surface area (Å²) in [7, 11) is 0. The highest BCUT2D eigenvalue weighted by Crippen LogP contribution is 2.24. The van der Waals surface area contributed by atoms with Crippen LogP contribution < -0.4 is 0 Å². The summed E-state index contributed by atoms with van der Waals surface area (Å²) in [5, 5.41) is 0. The molecule has 10 heavy (non-hydrogen) atoms. The summed E-state index contributed by atoms with van der Waals surface area (Å²) in [6.07, 6.45) is 8.30. The summed E-state index contributed by atoms with van der Waals surface area (Å²) in [4.78, 5) is 0. The third-order valence-electron chi connectivity index (χ3n) is 1.30. The normalized spacial score (nSPS) is 31.1. The van der Waals surface area contributed by atoms with Crippen molar-refractivity contribution in [1.82, 2.24) is 0 Å². The Hall–Kier alpha value is -1.10. The van der Waals surface area contributed by atoms with Crippen LogP contribution in [0.5, 0.6) is 0 Å². The third-order valence-corrected chi connectivity index (χ3v) is 1.30. The molecule has 1 rings (SSSR count). The van der Waals surface area contributed by atoms with E-state index in [9.17, 15) is 8.78 Å². The molecule has 0 spiro atoms. The second kappa shape index (κ2) is 2.26. The molecule has 0 N–H and O–H groups in total. The number of hydrogen-bond donors (Lipinski definition) is 0. The number of terminal acetylenes is 1. The van der Waals surface area contributed by atoms with Crippen molar-refractivity contribution in [2.45, 2.75) is 12.1 Å². The van der Waals surface area contributed by atoms with Gasteiger partial charge in [0.05, 0.1) is 0 Å². The van der Waals surface area contributed by atoms with Gasteiger partial charge in [-0.05, 0) is 6.08 Å². The van der Waals surface area contributed by atoms with Crippen molar-refractivity contribution in [3.05, 3.63) is 24.1 Å². The van der Waals surface area contributed by atoms with Gasteiger partial charge in [0.2, 0.25) is 0 Å². The van der Waals surface area contributed by atoms with E-state index < -0.39 is 11.5 Å². The summed E-state index contributed by atoms with van der Waals surface area (Å²) in [6.45, 7) is 0. The molecule has 0 saturated carbocycles. The number of alkyl halides is 1. The fourth-order valence-electron chi connectivity index (χ4n) is 0.769. The van der Waals surface area contributed by atoms with Crippen molar-refractivity contribution in [3.8, 4) is 12.3 Å². The zero-order valence-corrected chi connectivity index (χ0v) is 5.27. The molecule has 1 unspecified atom stereocenters. The second-order valence-electron chi connectivity index (χ2n) is 2.14. The minimum Gasteiger partial charge on any atom is -0.225 e. The summed E-state index contributed by atoms with van der Waals surface area (Å²) < 4.78 is 25.3. The largest absolute Gasteiger partial charge is 0.225 e. The molecule has 0 saturated heterocycles. The van der Waals surface area contributed by atoms with Gasteiger partial charge in [-0.3, -0.25) is 0 Å². The number of rotatable bonds is 0. The smallest absolute Gasteiger partial charge is 0.195 e. The fourth-order valence-corrected chi connectivity index (χ4v) is 0.769. The minimum atomic E-state index is -1.90. The van der Waals surface area contributed by atoms with E-state index in [2.05, 4.69) is 0 Å². The molecule has 1 atom stereocenters. The maximum absolute atomic E-state index is 12.9. The first kappa shape index (κ1) is 7.01. The molecule has 0 heterocycles. The van der Waals surface area contributed by atoms with Crippen molar-refractivity contribution in [2.24, 2.45) is 0 Å². The highest BCUT2D eigenvalue weighted by atomic mass is 19.1. The van der Waals surface area contributed by atoms with Crippen LogP contribution in [0.3, 0.4) is 0 Å². The van der Waals surface area contributed by atoms with E-state index in [0.717, 1.165) is 6.08 Å². The Bertz CT molecular complexity index is 232. The van der Waals surface area contributed by atoms with Gasteiger partial charge in [0, 0.05) is 12.5 Å². The topological polar surface area (TPSA) is 0 Å². The first-order valence-corrected chi connectivity index (χ1v) is 2.88. The molecular weight excluding hydrogens is 134 g/mol. The van der Waals surface area contributed by atoms with Crippen LogP contribution in [-0.2, 0) is 0 Å². The van der Waals surface area contributed by atoms with Crippen molar-refractivity contribution in [1.29, 1.82) is 0 Å². The van der Waals surface area contributed by atoms with Crippen LogP contribution >= 0.6 is 0 Å². The molecule has 0 bridgehead atoms. The Morgan fingerprint density at radius 2 is 2.40 bits per heavy atom. The Balaban J connectivity index is 2.89. The molecule has 0 aromatic carbocycles. The van der Waals surface area contributed by atoms with Crippen molar-refractivity contribution >= 4 is 0 Å². The lowest BCUT2D eigenvalue weighted by Gasteiger charge is -2.14. The maximum atomic E-state index is 12.9. The van der Waals surface area contributed by atoms with Crippen LogP contribution in [0.25, 0.3) is 0 Å². The fraction of sp³-hybridized carbons (Fsp3) is 0.250. The van der Waals surface area contributed by atoms with Crippen LogP contribution in [0.2, 0.25) is 0 Å². The Morgan fingerprint density at radius 3 is 2.80 bits per heavy atom. The van der Waals surface area contributed by atoms with Crippen LogP contribution in [0.15, 0.2) is 24.1 Å². The average Bonchev–Trinajstić information content (AvgIpc) is 1.88. The van der Waals surface area contributed by atoms with Crippen LogP contribution in [0, 0.1) is 12.3 Å². The molecule has 0 aliphatic heterocycles. The van der Waals surface area contributed by atoms with Crippen LogP contribution in [0.1, 0.15) is 6.42 Å².